The second-order valence-corrected chi connectivity index (χ2v) is 9.78. The number of urea groups is 1. The number of piperazine rings is 1. The van der Waals surface area contributed by atoms with Crippen molar-refractivity contribution in [3.63, 3.8) is 0 Å². The van der Waals surface area contributed by atoms with Gasteiger partial charge in [0, 0.05) is 67.5 Å². The molecule has 11 nitrogen and oxygen atoms in total. The lowest BCUT2D eigenvalue weighted by Crippen LogP contribution is -2.50. The summed E-state index contributed by atoms with van der Waals surface area (Å²) < 4.78 is 22.5. The van der Waals surface area contributed by atoms with E-state index in [-0.39, 0.29) is 6.03 Å². The number of H-pyrrole nitrogens is 1. The van der Waals surface area contributed by atoms with Gasteiger partial charge in [-0.25, -0.2) is 14.8 Å². The molecule has 0 spiro atoms. The number of benzene rings is 3. The van der Waals surface area contributed by atoms with Gasteiger partial charge in [-0.1, -0.05) is 6.07 Å². The van der Waals surface area contributed by atoms with Gasteiger partial charge in [0.15, 0.2) is 11.5 Å². The number of ether oxygens (including phenoxy) is 4. The monoisotopic (exact) mass is 568 g/mol. The number of anilines is 2. The molecule has 1 saturated heterocycles. The van der Waals surface area contributed by atoms with Crippen molar-refractivity contribution in [3.05, 3.63) is 73.2 Å². The number of hydrogen-bond acceptors (Lipinski definition) is 8. The predicted octanol–water partition coefficient (Wildman–Crippen LogP) is 5.29. The van der Waals surface area contributed by atoms with E-state index in [0.29, 0.717) is 62.3 Å². The molecular formula is C31H32N6O5. The Morgan fingerprint density at radius 1 is 0.905 bits per heavy atom. The second kappa shape index (κ2) is 12.2. The Balaban J connectivity index is 1.07. The Hall–Kier alpha value is -5.03. The number of carbonyl (C=O) groups is 1. The molecule has 1 aliphatic heterocycles. The summed E-state index contributed by atoms with van der Waals surface area (Å²) in [6.45, 7) is 3.24. The van der Waals surface area contributed by atoms with Gasteiger partial charge >= 0.3 is 6.03 Å². The average molecular weight is 569 g/mol. The number of carbonyl (C=O) groups excluding carboxylic acids is 1. The van der Waals surface area contributed by atoms with Gasteiger partial charge in [0.1, 0.15) is 30.3 Å². The topological polar surface area (TPSA) is 114 Å². The Morgan fingerprint density at radius 3 is 2.52 bits per heavy atom. The number of nitrogens with one attached hydrogen (secondary N) is 2. The van der Waals surface area contributed by atoms with Gasteiger partial charge in [0.25, 0.3) is 0 Å². The first-order chi connectivity index (χ1) is 20.6. The molecule has 3 aromatic carbocycles. The summed E-state index contributed by atoms with van der Waals surface area (Å²) in [5, 5.41) is 4.87. The van der Waals surface area contributed by atoms with Crippen LogP contribution in [0.3, 0.4) is 0 Å². The molecule has 42 heavy (non-hydrogen) atoms. The Morgan fingerprint density at radius 2 is 1.74 bits per heavy atom. The fourth-order valence-corrected chi connectivity index (χ4v) is 5.01. The smallest absolute Gasteiger partial charge is 0.321 e. The van der Waals surface area contributed by atoms with Crippen LogP contribution in [0.15, 0.2) is 73.2 Å². The van der Waals surface area contributed by atoms with E-state index >= 15 is 0 Å². The van der Waals surface area contributed by atoms with Crippen molar-refractivity contribution < 1.29 is 23.7 Å². The molecular weight excluding hydrogens is 536 g/mol. The standard InChI is InChI=1S/C31H32N6O5/c1-39-16-17-41-29-19-26-24(18-28(29)40-2)30(34-20-33-26)36-12-14-37(15-13-36)31(38)35-21-6-8-22(9-7-21)42-27-5-3-4-25-23(27)10-11-32-25/h3-11,18-20,32H,12-17H2,1-2H3,(H,35,38). The summed E-state index contributed by atoms with van der Waals surface area (Å²) in [5.41, 5.74) is 2.47. The van der Waals surface area contributed by atoms with Gasteiger partial charge < -0.3 is 39.0 Å². The molecule has 2 N–H and O–H groups in total. The van der Waals surface area contributed by atoms with Gasteiger partial charge in [-0.05, 0) is 48.5 Å². The molecule has 0 saturated carbocycles. The summed E-state index contributed by atoms with van der Waals surface area (Å²) >= 11 is 0. The lowest BCUT2D eigenvalue weighted by atomic mass is 10.2. The zero-order valence-corrected chi connectivity index (χ0v) is 23.5. The van der Waals surface area contributed by atoms with Crippen molar-refractivity contribution in [3.8, 4) is 23.0 Å². The van der Waals surface area contributed by atoms with Crippen LogP contribution in [0.4, 0.5) is 16.3 Å². The minimum absolute atomic E-state index is 0.146. The average Bonchev–Trinajstić information content (AvgIpc) is 3.52. The maximum atomic E-state index is 13.0. The second-order valence-electron chi connectivity index (χ2n) is 9.78. The van der Waals surface area contributed by atoms with E-state index < -0.39 is 0 Å². The van der Waals surface area contributed by atoms with Crippen molar-refractivity contribution in [2.24, 2.45) is 0 Å². The van der Waals surface area contributed by atoms with Gasteiger partial charge in [-0.3, -0.25) is 0 Å². The molecule has 0 radical (unpaired) electrons. The lowest BCUT2D eigenvalue weighted by Gasteiger charge is -2.35. The summed E-state index contributed by atoms with van der Waals surface area (Å²) in [7, 11) is 3.24. The van der Waals surface area contributed by atoms with E-state index in [4.69, 9.17) is 18.9 Å². The van der Waals surface area contributed by atoms with E-state index in [9.17, 15) is 4.79 Å². The molecule has 2 amide bonds. The largest absolute Gasteiger partial charge is 0.493 e. The Bertz CT molecular complexity index is 1680. The third-order valence-electron chi connectivity index (χ3n) is 7.20. The van der Waals surface area contributed by atoms with Crippen molar-refractivity contribution in [2.75, 3.05) is 63.8 Å². The van der Waals surface area contributed by atoms with Gasteiger partial charge in [0.05, 0.1) is 19.2 Å². The zero-order chi connectivity index (χ0) is 28.9. The van der Waals surface area contributed by atoms with E-state index in [1.165, 1.54) is 0 Å². The fraction of sp³-hybridized carbons (Fsp3) is 0.258. The minimum atomic E-state index is -0.146. The molecule has 0 bridgehead atoms. The van der Waals surface area contributed by atoms with E-state index in [0.717, 1.165) is 33.4 Å². The highest BCUT2D eigenvalue weighted by Gasteiger charge is 2.24. The molecule has 11 heteroatoms. The van der Waals surface area contributed by atoms with Crippen molar-refractivity contribution in [1.82, 2.24) is 19.9 Å². The molecule has 3 heterocycles. The highest BCUT2D eigenvalue weighted by atomic mass is 16.5. The molecule has 6 rings (SSSR count). The number of aromatic amines is 1. The zero-order valence-electron chi connectivity index (χ0n) is 23.5. The Labute approximate surface area is 243 Å². The van der Waals surface area contributed by atoms with E-state index in [1.54, 1.807) is 25.4 Å². The predicted molar refractivity (Wildman–Crippen MR) is 161 cm³/mol. The molecule has 0 atom stereocenters. The number of hydrogen-bond donors (Lipinski definition) is 2. The van der Waals surface area contributed by atoms with Gasteiger partial charge in [-0.15, -0.1) is 0 Å². The van der Waals surface area contributed by atoms with Crippen LogP contribution < -0.4 is 24.4 Å². The highest BCUT2D eigenvalue weighted by molar-refractivity contribution is 5.93. The van der Waals surface area contributed by atoms with Crippen LogP contribution in [0.25, 0.3) is 21.8 Å². The Kier molecular flexibility index (Phi) is 7.91. The van der Waals surface area contributed by atoms with Crippen molar-refractivity contribution >= 4 is 39.3 Å². The number of methoxy groups -OCH3 is 2. The third-order valence-corrected chi connectivity index (χ3v) is 7.20. The lowest BCUT2D eigenvalue weighted by molar-refractivity contribution is 0.144. The van der Waals surface area contributed by atoms with Crippen LogP contribution in [0.1, 0.15) is 0 Å². The molecule has 1 fully saturated rings. The van der Waals surface area contributed by atoms with E-state index in [1.807, 2.05) is 66.9 Å². The molecule has 2 aromatic heterocycles. The molecule has 0 unspecified atom stereocenters. The van der Waals surface area contributed by atoms with Crippen molar-refractivity contribution in [2.45, 2.75) is 0 Å². The number of fused-ring (bicyclic) bond motifs is 2. The highest BCUT2D eigenvalue weighted by Crippen LogP contribution is 2.35. The quantitative estimate of drug-likeness (QED) is 0.231. The number of aromatic nitrogens is 3. The molecule has 0 aliphatic carbocycles. The normalized spacial score (nSPS) is 13.4. The van der Waals surface area contributed by atoms with Crippen LogP contribution >= 0.6 is 0 Å². The molecule has 5 aromatic rings. The number of nitrogens with zero attached hydrogens (tertiary/aromatic N) is 4. The maximum Gasteiger partial charge on any atom is 0.321 e. The summed E-state index contributed by atoms with van der Waals surface area (Å²) in [5.74, 6) is 3.47. The van der Waals surface area contributed by atoms with Gasteiger partial charge in [0.2, 0.25) is 0 Å². The van der Waals surface area contributed by atoms with Crippen LogP contribution in [0.2, 0.25) is 0 Å². The minimum Gasteiger partial charge on any atom is -0.493 e. The summed E-state index contributed by atoms with van der Waals surface area (Å²) in [4.78, 5) is 29.2. The fourth-order valence-electron chi connectivity index (χ4n) is 5.01. The first-order valence-electron chi connectivity index (χ1n) is 13.7. The first kappa shape index (κ1) is 27.2. The molecule has 1 aliphatic rings. The van der Waals surface area contributed by atoms with Crippen LogP contribution in [0.5, 0.6) is 23.0 Å². The first-order valence-corrected chi connectivity index (χ1v) is 13.7. The van der Waals surface area contributed by atoms with Crippen LogP contribution in [-0.2, 0) is 4.74 Å². The summed E-state index contributed by atoms with van der Waals surface area (Å²) in [6, 6.07) is 18.9. The SMILES string of the molecule is COCCOc1cc2ncnc(N3CCN(C(=O)Nc4ccc(Oc5cccc6[nH]ccc56)cc4)CC3)c2cc1OC. The third kappa shape index (κ3) is 5.72. The molecule has 216 valence electrons. The maximum absolute atomic E-state index is 13.0. The number of amides is 2. The summed E-state index contributed by atoms with van der Waals surface area (Å²) in [6.07, 6.45) is 3.44. The van der Waals surface area contributed by atoms with E-state index in [2.05, 4.69) is 25.2 Å². The van der Waals surface area contributed by atoms with Gasteiger partial charge in [-0.2, -0.15) is 0 Å². The van der Waals surface area contributed by atoms with Crippen molar-refractivity contribution in [1.29, 1.82) is 0 Å². The number of rotatable bonds is 9. The van der Waals surface area contributed by atoms with Crippen LogP contribution in [0, 0.1) is 0 Å². The van der Waals surface area contributed by atoms with Crippen LogP contribution in [-0.4, -0.2) is 79.5 Å².